The van der Waals surface area contributed by atoms with Crippen LogP contribution in [0.2, 0.25) is 0 Å². The maximum Gasteiger partial charge on any atom is 0.246 e. The summed E-state index contributed by atoms with van der Waals surface area (Å²) in [6.45, 7) is 10.7. The van der Waals surface area contributed by atoms with Crippen LogP contribution in [0.1, 0.15) is 47.5 Å². The summed E-state index contributed by atoms with van der Waals surface area (Å²) in [4.78, 5) is 26.4. The van der Waals surface area contributed by atoms with Crippen LogP contribution in [0.25, 0.3) is 0 Å². The van der Waals surface area contributed by atoms with Gasteiger partial charge >= 0.3 is 0 Å². The molecule has 2 fully saturated rings. The first-order valence-corrected chi connectivity index (χ1v) is 7.31. The number of carbonyl (C=O) groups is 2. The molecule has 2 amide bonds. The number of amides is 2. The van der Waals surface area contributed by atoms with Crippen molar-refractivity contribution in [2.24, 2.45) is 17.3 Å². The predicted octanol–water partition coefficient (Wildman–Crippen LogP) is 1.79. The second-order valence-corrected chi connectivity index (χ2v) is 7.31. The summed E-state index contributed by atoms with van der Waals surface area (Å²) >= 11 is 0. The fourth-order valence-corrected chi connectivity index (χ4v) is 3.31. The topological polar surface area (TPSA) is 49.4 Å². The monoisotopic (exact) mass is 266 g/mol. The number of rotatable bonds is 1. The molecule has 2 aliphatic rings. The van der Waals surface area contributed by atoms with Crippen LogP contribution in [-0.4, -0.2) is 35.3 Å². The van der Waals surface area contributed by atoms with Gasteiger partial charge in [-0.05, 0) is 30.1 Å². The Kier molecular flexibility index (Phi) is 3.63. The minimum atomic E-state index is -0.392. The van der Waals surface area contributed by atoms with Crippen LogP contribution in [0.3, 0.4) is 0 Å². The fourth-order valence-electron chi connectivity index (χ4n) is 3.31. The number of nitrogens with zero attached hydrogens (tertiary/aromatic N) is 1. The van der Waals surface area contributed by atoms with E-state index in [1.807, 2.05) is 25.7 Å². The lowest BCUT2D eigenvalue weighted by Crippen LogP contribution is -2.64. The van der Waals surface area contributed by atoms with Gasteiger partial charge in [-0.15, -0.1) is 0 Å². The standard InChI is InChI=1S/C15H26N2O2/c1-9-6-7-11(10(9)2)17-8-12(18)16-13(14(17)19)15(3,4)5/h9-11,13H,6-8H2,1-5H3,(H,16,18). The Hall–Kier alpha value is -1.06. The fraction of sp³-hybridized carbons (Fsp3) is 0.867. The van der Waals surface area contributed by atoms with Crippen LogP contribution >= 0.6 is 0 Å². The summed E-state index contributed by atoms with van der Waals surface area (Å²) in [5.74, 6) is 1.19. The molecule has 1 aliphatic heterocycles. The number of carbonyl (C=O) groups excluding carboxylic acids is 2. The Bertz CT molecular complexity index is 386. The summed E-state index contributed by atoms with van der Waals surface area (Å²) in [6, 6.07) is -0.157. The Morgan fingerprint density at radius 2 is 1.79 bits per heavy atom. The lowest BCUT2D eigenvalue weighted by atomic mass is 9.84. The van der Waals surface area contributed by atoms with Crippen molar-refractivity contribution < 1.29 is 9.59 Å². The molecule has 4 atom stereocenters. The van der Waals surface area contributed by atoms with Crippen molar-refractivity contribution in [1.82, 2.24) is 10.2 Å². The molecule has 108 valence electrons. The first-order chi connectivity index (χ1) is 8.71. The highest BCUT2D eigenvalue weighted by Gasteiger charge is 2.45. The van der Waals surface area contributed by atoms with Crippen LogP contribution in [-0.2, 0) is 9.59 Å². The summed E-state index contributed by atoms with van der Waals surface area (Å²) in [6.07, 6.45) is 2.18. The molecule has 4 unspecified atom stereocenters. The van der Waals surface area contributed by atoms with Crippen LogP contribution in [0.5, 0.6) is 0 Å². The largest absolute Gasteiger partial charge is 0.342 e. The van der Waals surface area contributed by atoms with Crippen molar-refractivity contribution in [3.8, 4) is 0 Å². The molecule has 0 bridgehead atoms. The molecule has 2 rings (SSSR count). The Morgan fingerprint density at radius 3 is 2.26 bits per heavy atom. The molecule has 19 heavy (non-hydrogen) atoms. The number of hydrogen-bond donors (Lipinski definition) is 1. The van der Waals surface area contributed by atoms with Crippen molar-refractivity contribution in [3.63, 3.8) is 0 Å². The SMILES string of the molecule is CC1CCC(N2CC(=O)NC(C(C)(C)C)C2=O)C1C. The average molecular weight is 266 g/mol. The molecular formula is C15H26N2O2. The van der Waals surface area contributed by atoms with Crippen molar-refractivity contribution in [3.05, 3.63) is 0 Å². The van der Waals surface area contributed by atoms with Gasteiger partial charge in [0.25, 0.3) is 0 Å². The van der Waals surface area contributed by atoms with Crippen LogP contribution in [0.4, 0.5) is 0 Å². The lowest BCUT2D eigenvalue weighted by Gasteiger charge is -2.42. The summed E-state index contributed by atoms with van der Waals surface area (Å²) in [7, 11) is 0. The molecule has 4 heteroatoms. The quantitative estimate of drug-likeness (QED) is 0.786. The van der Waals surface area contributed by atoms with Gasteiger partial charge in [-0.2, -0.15) is 0 Å². The van der Waals surface area contributed by atoms with Crippen LogP contribution in [0.15, 0.2) is 0 Å². The zero-order valence-corrected chi connectivity index (χ0v) is 12.7. The van der Waals surface area contributed by atoms with E-state index in [0.717, 1.165) is 12.8 Å². The van der Waals surface area contributed by atoms with Crippen molar-refractivity contribution >= 4 is 11.8 Å². The van der Waals surface area contributed by atoms with E-state index in [1.165, 1.54) is 0 Å². The van der Waals surface area contributed by atoms with E-state index in [1.54, 1.807) is 0 Å². The second kappa shape index (κ2) is 4.80. The maximum absolute atomic E-state index is 12.7. The second-order valence-electron chi connectivity index (χ2n) is 7.31. The highest BCUT2D eigenvalue weighted by molar-refractivity contribution is 5.95. The number of piperazine rings is 1. The Labute approximate surface area is 115 Å². The third kappa shape index (κ3) is 2.63. The maximum atomic E-state index is 12.7. The molecule has 4 nitrogen and oxygen atoms in total. The zero-order valence-electron chi connectivity index (χ0n) is 12.7. The van der Waals surface area contributed by atoms with Crippen molar-refractivity contribution in [2.75, 3.05) is 6.54 Å². The van der Waals surface area contributed by atoms with Gasteiger partial charge in [0.05, 0.1) is 6.54 Å². The van der Waals surface area contributed by atoms with Gasteiger partial charge in [0.2, 0.25) is 11.8 Å². The van der Waals surface area contributed by atoms with Gasteiger partial charge in [0, 0.05) is 6.04 Å². The number of hydrogen-bond acceptors (Lipinski definition) is 2. The minimum Gasteiger partial charge on any atom is -0.342 e. The molecule has 0 aromatic carbocycles. The molecular weight excluding hydrogens is 240 g/mol. The Balaban J connectivity index is 2.21. The third-order valence-electron chi connectivity index (χ3n) is 4.84. The van der Waals surface area contributed by atoms with Crippen molar-refractivity contribution in [2.45, 2.75) is 59.5 Å². The molecule has 1 heterocycles. The first kappa shape index (κ1) is 14.4. The summed E-state index contributed by atoms with van der Waals surface area (Å²) in [5.41, 5.74) is -0.237. The average Bonchev–Trinajstić information content (AvgIpc) is 2.61. The van der Waals surface area contributed by atoms with E-state index in [-0.39, 0.29) is 29.8 Å². The van der Waals surface area contributed by atoms with Gasteiger partial charge < -0.3 is 10.2 Å². The molecule has 0 radical (unpaired) electrons. The molecule has 1 saturated heterocycles. The van der Waals surface area contributed by atoms with E-state index in [2.05, 4.69) is 19.2 Å². The third-order valence-corrected chi connectivity index (χ3v) is 4.84. The van der Waals surface area contributed by atoms with E-state index in [9.17, 15) is 9.59 Å². The van der Waals surface area contributed by atoms with Gasteiger partial charge in [0.15, 0.2) is 0 Å². The first-order valence-electron chi connectivity index (χ1n) is 7.31. The normalized spacial score (nSPS) is 36.6. The zero-order chi connectivity index (χ0) is 14.4. The molecule has 0 spiro atoms. The molecule has 1 aliphatic carbocycles. The Morgan fingerprint density at radius 1 is 1.16 bits per heavy atom. The van der Waals surface area contributed by atoms with E-state index in [0.29, 0.717) is 11.8 Å². The lowest BCUT2D eigenvalue weighted by molar-refractivity contribution is -0.150. The van der Waals surface area contributed by atoms with Crippen molar-refractivity contribution in [1.29, 1.82) is 0 Å². The van der Waals surface area contributed by atoms with Crippen LogP contribution in [0, 0.1) is 17.3 Å². The molecule has 0 aromatic rings. The highest BCUT2D eigenvalue weighted by atomic mass is 16.2. The number of nitrogens with one attached hydrogen (secondary N) is 1. The van der Waals surface area contributed by atoms with Gasteiger partial charge in [-0.1, -0.05) is 34.6 Å². The van der Waals surface area contributed by atoms with Crippen LogP contribution < -0.4 is 5.32 Å². The molecule has 1 saturated carbocycles. The predicted molar refractivity (Wildman–Crippen MR) is 74.4 cm³/mol. The van der Waals surface area contributed by atoms with Gasteiger partial charge in [0.1, 0.15) is 6.04 Å². The minimum absolute atomic E-state index is 0.0220. The van der Waals surface area contributed by atoms with Gasteiger partial charge in [-0.25, -0.2) is 0 Å². The molecule has 1 N–H and O–H groups in total. The summed E-state index contributed by atoms with van der Waals surface area (Å²) in [5, 5.41) is 2.86. The summed E-state index contributed by atoms with van der Waals surface area (Å²) < 4.78 is 0. The molecule has 0 aromatic heterocycles. The van der Waals surface area contributed by atoms with Gasteiger partial charge in [-0.3, -0.25) is 9.59 Å². The van der Waals surface area contributed by atoms with E-state index >= 15 is 0 Å². The van der Waals surface area contributed by atoms with E-state index in [4.69, 9.17) is 0 Å². The highest BCUT2D eigenvalue weighted by Crippen LogP contribution is 2.36. The van der Waals surface area contributed by atoms with E-state index < -0.39 is 6.04 Å². The smallest absolute Gasteiger partial charge is 0.246 e.